The molecule has 1 heterocycles. The standard InChI is InChI=1S/C17H24N4OS2/c1-3-18-17(19-10-9-15-13-23-14(2)21-15)20-11-12-24(22)16-7-5-4-6-8-16/h4-8,13H,3,9-12H2,1-2H3,(H2,18,19,20). The lowest BCUT2D eigenvalue weighted by atomic mass is 10.3. The van der Waals surface area contributed by atoms with E-state index in [2.05, 4.69) is 26.0 Å². The molecule has 7 heteroatoms. The summed E-state index contributed by atoms with van der Waals surface area (Å²) in [6, 6.07) is 9.51. The van der Waals surface area contributed by atoms with Crippen LogP contribution in [0.4, 0.5) is 0 Å². The maximum Gasteiger partial charge on any atom is 0.191 e. The third-order valence-electron chi connectivity index (χ3n) is 3.24. The number of hydrogen-bond acceptors (Lipinski definition) is 4. The van der Waals surface area contributed by atoms with Crippen LogP contribution in [0.1, 0.15) is 17.6 Å². The summed E-state index contributed by atoms with van der Waals surface area (Å²) in [6.07, 6.45) is 0.866. The molecular weight excluding hydrogens is 340 g/mol. The first kappa shape index (κ1) is 18.6. The minimum atomic E-state index is -1.01. The normalized spacial score (nSPS) is 12.8. The van der Waals surface area contributed by atoms with Gasteiger partial charge in [-0.3, -0.25) is 9.20 Å². The van der Waals surface area contributed by atoms with E-state index in [1.54, 1.807) is 11.3 Å². The van der Waals surface area contributed by atoms with Crippen LogP contribution in [0.15, 0.2) is 45.6 Å². The van der Waals surface area contributed by atoms with Crippen molar-refractivity contribution in [2.75, 3.05) is 25.4 Å². The van der Waals surface area contributed by atoms with Crippen molar-refractivity contribution in [1.82, 2.24) is 15.6 Å². The third kappa shape index (κ3) is 6.41. The highest BCUT2D eigenvalue weighted by Crippen LogP contribution is 2.07. The Hall–Kier alpha value is -1.73. The molecule has 2 N–H and O–H groups in total. The first-order valence-electron chi connectivity index (χ1n) is 8.05. The Morgan fingerprint density at radius 2 is 2.08 bits per heavy atom. The molecule has 0 spiro atoms. The molecule has 1 aromatic heterocycles. The highest BCUT2D eigenvalue weighted by atomic mass is 32.2. The Labute approximate surface area is 150 Å². The molecule has 0 radical (unpaired) electrons. The molecule has 0 aliphatic heterocycles. The van der Waals surface area contributed by atoms with Gasteiger partial charge in [0.05, 0.1) is 28.0 Å². The maximum absolute atomic E-state index is 12.2. The first-order chi connectivity index (χ1) is 11.7. The summed E-state index contributed by atoms with van der Waals surface area (Å²) in [7, 11) is -1.01. The number of nitrogens with zero attached hydrogens (tertiary/aromatic N) is 2. The van der Waals surface area contributed by atoms with E-state index in [1.807, 2.05) is 44.2 Å². The van der Waals surface area contributed by atoms with Gasteiger partial charge < -0.3 is 10.6 Å². The zero-order valence-electron chi connectivity index (χ0n) is 14.1. The minimum Gasteiger partial charge on any atom is -0.357 e. The van der Waals surface area contributed by atoms with Crippen molar-refractivity contribution in [3.63, 3.8) is 0 Å². The van der Waals surface area contributed by atoms with E-state index in [0.29, 0.717) is 12.3 Å². The number of hydrogen-bond donors (Lipinski definition) is 2. The molecule has 0 aliphatic carbocycles. The number of aliphatic imine (C=N–C) groups is 1. The molecule has 24 heavy (non-hydrogen) atoms. The average molecular weight is 365 g/mol. The van der Waals surface area contributed by atoms with Gasteiger partial charge in [0.25, 0.3) is 0 Å². The summed E-state index contributed by atoms with van der Waals surface area (Å²) in [5.74, 6) is 1.28. The second-order valence-electron chi connectivity index (χ2n) is 5.16. The minimum absolute atomic E-state index is 0.520. The van der Waals surface area contributed by atoms with Gasteiger partial charge in [0.1, 0.15) is 0 Å². The summed E-state index contributed by atoms with van der Waals surface area (Å²) in [5, 5.41) is 9.69. The van der Waals surface area contributed by atoms with Crippen molar-refractivity contribution < 1.29 is 4.21 Å². The van der Waals surface area contributed by atoms with Crippen LogP contribution in [0.3, 0.4) is 0 Å². The Morgan fingerprint density at radius 1 is 1.29 bits per heavy atom. The molecule has 0 aliphatic rings. The van der Waals surface area contributed by atoms with E-state index in [0.717, 1.165) is 41.1 Å². The van der Waals surface area contributed by atoms with Crippen molar-refractivity contribution in [1.29, 1.82) is 0 Å². The molecular formula is C17H24N4OS2. The Morgan fingerprint density at radius 3 is 2.75 bits per heavy atom. The third-order valence-corrected chi connectivity index (χ3v) is 5.41. The van der Waals surface area contributed by atoms with Gasteiger partial charge in [0, 0.05) is 35.5 Å². The van der Waals surface area contributed by atoms with Gasteiger partial charge in [-0.25, -0.2) is 4.98 Å². The van der Waals surface area contributed by atoms with Crippen molar-refractivity contribution in [2.45, 2.75) is 25.2 Å². The lowest BCUT2D eigenvalue weighted by Crippen LogP contribution is -2.38. The van der Waals surface area contributed by atoms with Crippen LogP contribution in [0.2, 0.25) is 0 Å². The van der Waals surface area contributed by atoms with Crippen molar-refractivity contribution >= 4 is 28.1 Å². The van der Waals surface area contributed by atoms with Gasteiger partial charge in [-0.2, -0.15) is 0 Å². The number of aryl methyl sites for hydroxylation is 1. The first-order valence-corrected chi connectivity index (χ1v) is 10.3. The molecule has 1 aromatic carbocycles. The molecule has 0 saturated heterocycles. The van der Waals surface area contributed by atoms with Crippen molar-refractivity contribution in [2.24, 2.45) is 4.99 Å². The fourth-order valence-corrected chi connectivity index (χ4v) is 3.70. The number of benzene rings is 1. The molecule has 0 bridgehead atoms. The zero-order valence-corrected chi connectivity index (χ0v) is 15.8. The van der Waals surface area contributed by atoms with Gasteiger partial charge in [0.2, 0.25) is 0 Å². The van der Waals surface area contributed by atoms with Crippen LogP contribution in [-0.2, 0) is 17.2 Å². The van der Waals surface area contributed by atoms with Crippen LogP contribution in [-0.4, -0.2) is 40.5 Å². The van der Waals surface area contributed by atoms with E-state index in [-0.39, 0.29) is 0 Å². The number of nitrogens with one attached hydrogen (secondary N) is 2. The highest BCUT2D eigenvalue weighted by Gasteiger charge is 2.03. The second kappa shape index (κ2) is 10.2. The van der Waals surface area contributed by atoms with Gasteiger partial charge in [-0.1, -0.05) is 18.2 Å². The molecule has 5 nitrogen and oxygen atoms in total. The molecule has 1 unspecified atom stereocenters. The SMILES string of the molecule is CCNC(=NCCS(=O)c1ccccc1)NCCc1csc(C)n1. The number of aromatic nitrogens is 1. The average Bonchev–Trinajstić information content (AvgIpc) is 3.01. The predicted octanol–water partition coefficient (Wildman–Crippen LogP) is 2.36. The van der Waals surface area contributed by atoms with E-state index in [4.69, 9.17) is 0 Å². The largest absolute Gasteiger partial charge is 0.357 e. The van der Waals surface area contributed by atoms with Gasteiger partial charge >= 0.3 is 0 Å². The Kier molecular flexibility index (Phi) is 7.91. The van der Waals surface area contributed by atoms with Crippen LogP contribution in [0, 0.1) is 6.92 Å². The zero-order chi connectivity index (χ0) is 17.2. The molecule has 1 atom stereocenters. The molecule has 0 saturated carbocycles. The van der Waals surface area contributed by atoms with Crippen LogP contribution in [0.25, 0.3) is 0 Å². The molecule has 130 valence electrons. The van der Waals surface area contributed by atoms with Crippen molar-refractivity contribution in [3.8, 4) is 0 Å². The van der Waals surface area contributed by atoms with Crippen LogP contribution >= 0.6 is 11.3 Å². The monoisotopic (exact) mass is 364 g/mol. The van der Waals surface area contributed by atoms with Gasteiger partial charge in [-0.15, -0.1) is 11.3 Å². The van der Waals surface area contributed by atoms with Crippen LogP contribution in [0.5, 0.6) is 0 Å². The van der Waals surface area contributed by atoms with E-state index >= 15 is 0 Å². The van der Waals surface area contributed by atoms with E-state index in [9.17, 15) is 4.21 Å². The molecule has 0 fully saturated rings. The molecule has 2 rings (SSSR count). The predicted molar refractivity (Wildman–Crippen MR) is 102 cm³/mol. The number of thiazole rings is 1. The van der Waals surface area contributed by atoms with E-state index < -0.39 is 10.8 Å². The smallest absolute Gasteiger partial charge is 0.191 e. The summed E-state index contributed by atoms with van der Waals surface area (Å²) in [4.78, 5) is 9.80. The lowest BCUT2D eigenvalue weighted by molar-refractivity contribution is 0.682. The number of guanidine groups is 1. The Balaban J connectivity index is 1.78. The topological polar surface area (TPSA) is 66.4 Å². The fraction of sp³-hybridized carbons (Fsp3) is 0.412. The quantitative estimate of drug-likeness (QED) is 0.557. The maximum atomic E-state index is 12.2. The summed E-state index contributed by atoms with van der Waals surface area (Å²) < 4.78 is 12.2. The Bertz CT molecular complexity index is 670. The highest BCUT2D eigenvalue weighted by molar-refractivity contribution is 7.85. The summed E-state index contributed by atoms with van der Waals surface area (Å²) >= 11 is 1.67. The van der Waals surface area contributed by atoms with Gasteiger partial charge in [0.15, 0.2) is 5.96 Å². The summed E-state index contributed by atoms with van der Waals surface area (Å²) in [6.45, 7) is 6.13. The summed E-state index contributed by atoms with van der Waals surface area (Å²) in [5.41, 5.74) is 1.10. The van der Waals surface area contributed by atoms with Crippen LogP contribution < -0.4 is 10.6 Å². The van der Waals surface area contributed by atoms with E-state index in [1.165, 1.54) is 0 Å². The van der Waals surface area contributed by atoms with Gasteiger partial charge in [-0.05, 0) is 26.0 Å². The fourth-order valence-electron chi connectivity index (χ4n) is 2.10. The lowest BCUT2D eigenvalue weighted by Gasteiger charge is -2.10. The van der Waals surface area contributed by atoms with Crippen molar-refractivity contribution in [3.05, 3.63) is 46.4 Å². The number of rotatable bonds is 8. The second-order valence-corrected chi connectivity index (χ2v) is 7.79. The molecule has 0 amide bonds. The molecule has 2 aromatic rings.